The Bertz CT molecular complexity index is 988. The second-order valence-electron chi connectivity index (χ2n) is 5.80. The van der Waals surface area contributed by atoms with E-state index in [4.69, 9.17) is 21.1 Å². The van der Waals surface area contributed by atoms with Crippen LogP contribution in [0.4, 0.5) is 5.82 Å². The van der Waals surface area contributed by atoms with E-state index in [1.54, 1.807) is 44.8 Å². The number of benzene rings is 2. The number of aromatic nitrogens is 2. The maximum absolute atomic E-state index is 12.7. The minimum absolute atomic E-state index is 0.230. The Labute approximate surface area is 162 Å². The van der Waals surface area contributed by atoms with Crippen molar-refractivity contribution in [2.24, 2.45) is 0 Å². The Hall–Kier alpha value is -2.99. The van der Waals surface area contributed by atoms with E-state index in [1.165, 1.54) is 4.57 Å². The van der Waals surface area contributed by atoms with Crippen LogP contribution < -0.4 is 20.3 Å². The summed E-state index contributed by atoms with van der Waals surface area (Å²) in [6, 6.07) is 12.9. The predicted octanol–water partition coefficient (Wildman–Crippen LogP) is 3.56. The van der Waals surface area contributed by atoms with Crippen LogP contribution in [-0.2, 0) is 6.42 Å². The molecule has 2 aromatic carbocycles. The molecule has 1 aromatic heterocycles. The highest BCUT2D eigenvalue weighted by molar-refractivity contribution is 6.30. The largest absolute Gasteiger partial charge is 0.493 e. The highest BCUT2D eigenvalue weighted by atomic mass is 35.5. The van der Waals surface area contributed by atoms with Crippen LogP contribution >= 0.6 is 11.6 Å². The lowest BCUT2D eigenvalue weighted by atomic mass is 10.1. The molecule has 1 heterocycles. The molecule has 0 atom stereocenters. The molecule has 3 aromatic rings. The number of nitrogens with zero attached hydrogens (tertiary/aromatic N) is 2. The zero-order valence-electron chi connectivity index (χ0n) is 15.1. The molecule has 6 nitrogen and oxygen atoms in total. The van der Waals surface area contributed by atoms with Gasteiger partial charge in [0.1, 0.15) is 0 Å². The molecular weight excluding hydrogens is 366 g/mol. The molecule has 27 heavy (non-hydrogen) atoms. The Balaban J connectivity index is 1.72. The third-order valence-corrected chi connectivity index (χ3v) is 4.32. The lowest BCUT2D eigenvalue weighted by molar-refractivity contribution is 0.354. The van der Waals surface area contributed by atoms with Crippen molar-refractivity contribution in [3.05, 3.63) is 75.8 Å². The average Bonchev–Trinajstić information content (AvgIpc) is 2.69. The van der Waals surface area contributed by atoms with Gasteiger partial charge in [-0.05, 0) is 42.3 Å². The monoisotopic (exact) mass is 385 g/mol. The standard InChI is InChI=1S/C20H20ClN3O3/c1-26-17-7-6-14(12-18(17)27-2)8-9-22-19-20(25)24(11-10-23-19)16-5-3-4-15(21)13-16/h3-7,10-13H,8-9H2,1-2H3,(H,22,23). The number of methoxy groups -OCH3 is 2. The third kappa shape index (κ3) is 4.41. The topological polar surface area (TPSA) is 65.4 Å². The number of ether oxygens (including phenoxy) is 2. The van der Waals surface area contributed by atoms with Gasteiger partial charge in [0.15, 0.2) is 17.3 Å². The van der Waals surface area contributed by atoms with Crippen molar-refractivity contribution in [2.75, 3.05) is 26.1 Å². The van der Waals surface area contributed by atoms with E-state index >= 15 is 0 Å². The molecule has 1 N–H and O–H groups in total. The van der Waals surface area contributed by atoms with Crippen molar-refractivity contribution in [1.82, 2.24) is 9.55 Å². The molecule has 0 amide bonds. The fraction of sp³-hybridized carbons (Fsp3) is 0.200. The van der Waals surface area contributed by atoms with Crippen molar-refractivity contribution in [2.45, 2.75) is 6.42 Å². The minimum atomic E-state index is -0.230. The Kier molecular flexibility index (Phi) is 5.98. The second kappa shape index (κ2) is 8.60. The molecule has 0 bridgehead atoms. The first-order valence-electron chi connectivity index (χ1n) is 8.40. The number of anilines is 1. The second-order valence-corrected chi connectivity index (χ2v) is 6.23. The van der Waals surface area contributed by atoms with E-state index in [0.29, 0.717) is 35.2 Å². The first-order valence-corrected chi connectivity index (χ1v) is 8.78. The van der Waals surface area contributed by atoms with Gasteiger partial charge in [-0.3, -0.25) is 9.36 Å². The molecule has 0 radical (unpaired) electrons. The van der Waals surface area contributed by atoms with Gasteiger partial charge in [-0.15, -0.1) is 0 Å². The first-order chi connectivity index (χ1) is 13.1. The van der Waals surface area contributed by atoms with Gasteiger partial charge in [0.2, 0.25) is 0 Å². The minimum Gasteiger partial charge on any atom is -0.493 e. The number of rotatable bonds is 7. The molecule has 0 aliphatic rings. The van der Waals surface area contributed by atoms with Gasteiger partial charge in [0.25, 0.3) is 5.56 Å². The van der Waals surface area contributed by atoms with Crippen LogP contribution in [0.2, 0.25) is 5.02 Å². The van der Waals surface area contributed by atoms with Gasteiger partial charge in [0.05, 0.1) is 19.9 Å². The molecule has 0 spiro atoms. The fourth-order valence-corrected chi connectivity index (χ4v) is 2.91. The number of hydrogen-bond acceptors (Lipinski definition) is 5. The van der Waals surface area contributed by atoms with Gasteiger partial charge >= 0.3 is 0 Å². The van der Waals surface area contributed by atoms with Crippen molar-refractivity contribution in [3.8, 4) is 17.2 Å². The zero-order valence-corrected chi connectivity index (χ0v) is 15.9. The molecule has 0 aliphatic carbocycles. The highest BCUT2D eigenvalue weighted by Gasteiger charge is 2.08. The fourth-order valence-electron chi connectivity index (χ4n) is 2.72. The molecule has 0 saturated heterocycles. The Morgan fingerprint density at radius 3 is 2.67 bits per heavy atom. The average molecular weight is 386 g/mol. The van der Waals surface area contributed by atoms with Crippen molar-refractivity contribution in [3.63, 3.8) is 0 Å². The lowest BCUT2D eigenvalue weighted by Crippen LogP contribution is -2.24. The third-order valence-electron chi connectivity index (χ3n) is 4.08. The normalized spacial score (nSPS) is 10.5. The summed E-state index contributed by atoms with van der Waals surface area (Å²) in [5, 5.41) is 3.67. The van der Waals surface area contributed by atoms with Crippen LogP contribution in [0.15, 0.2) is 59.7 Å². The van der Waals surface area contributed by atoms with Crippen molar-refractivity contribution < 1.29 is 9.47 Å². The number of halogens is 1. The molecule has 0 saturated carbocycles. The molecular formula is C20H20ClN3O3. The summed E-state index contributed by atoms with van der Waals surface area (Å²) in [6.07, 6.45) is 3.90. The van der Waals surface area contributed by atoms with Crippen LogP contribution in [0, 0.1) is 0 Å². The van der Waals surface area contributed by atoms with Crippen LogP contribution in [0.1, 0.15) is 5.56 Å². The molecule has 0 fully saturated rings. The molecule has 3 rings (SSSR count). The van der Waals surface area contributed by atoms with E-state index in [-0.39, 0.29) is 11.4 Å². The summed E-state index contributed by atoms with van der Waals surface area (Å²) in [5.41, 5.74) is 1.52. The van der Waals surface area contributed by atoms with Gasteiger partial charge in [-0.25, -0.2) is 4.98 Å². The van der Waals surface area contributed by atoms with E-state index < -0.39 is 0 Å². The SMILES string of the molecule is COc1ccc(CCNc2nccn(-c3cccc(Cl)c3)c2=O)cc1OC. The van der Waals surface area contributed by atoms with Crippen molar-refractivity contribution in [1.29, 1.82) is 0 Å². The van der Waals surface area contributed by atoms with Gasteiger partial charge in [0, 0.05) is 24.0 Å². The summed E-state index contributed by atoms with van der Waals surface area (Å²) in [6.45, 7) is 0.553. The van der Waals surface area contributed by atoms with Crippen LogP contribution in [0.3, 0.4) is 0 Å². The Morgan fingerprint density at radius 2 is 1.93 bits per heavy atom. The maximum atomic E-state index is 12.7. The molecule has 140 valence electrons. The Morgan fingerprint density at radius 1 is 1.11 bits per heavy atom. The first kappa shape index (κ1) is 18.8. The lowest BCUT2D eigenvalue weighted by Gasteiger charge is -2.11. The predicted molar refractivity (Wildman–Crippen MR) is 107 cm³/mol. The highest BCUT2D eigenvalue weighted by Crippen LogP contribution is 2.27. The summed E-state index contributed by atoms with van der Waals surface area (Å²) >= 11 is 6.02. The van der Waals surface area contributed by atoms with Gasteiger partial charge < -0.3 is 14.8 Å². The van der Waals surface area contributed by atoms with Crippen LogP contribution in [-0.4, -0.2) is 30.3 Å². The van der Waals surface area contributed by atoms with E-state index in [0.717, 1.165) is 5.56 Å². The van der Waals surface area contributed by atoms with Crippen molar-refractivity contribution >= 4 is 17.4 Å². The van der Waals surface area contributed by atoms with Crippen LogP contribution in [0.25, 0.3) is 5.69 Å². The zero-order chi connectivity index (χ0) is 19.2. The summed E-state index contributed by atoms with van der Waals surface area (Å²) in [5.74, 6) is 1.65. The van der Waals surface area contributed by atoms with Gasteiger partial charge in [-0.2, -0.15) is 0 Å². The molecule has 0 aliphatic heterocycles. The summed E-state index contributed by atoms with van der Waals surface area (Å²) in [4.78, 5) is 16.8. The molecule has 7 heteroatoms. The van der Waals surface area contributed by atoms with E-state index in [1.807, 2.05) is 24.3 Å². The number of hydrogen-bond donors (Lipinski definition) is 1. The summed E-state index contributed by atoms with van der Waals surface area (Å²) in [7, 11) is 3.21. The van der Waals surface area contributed by atoms with Crippen LogP contribution in [0.5, 0.6) is 11.5 Å². The van der Waals surface area contributed by atoms with E-state index in [2.05, 4.69) is 10.3 Å². The molecule has 0 unspecified atom stereocenters. The maximum Gasteiger partial charge on any atom is 0.297 e. The van der Waals surface area contributed by atoms with Gasteiger partial charge in [-0.1, -0.05) is 23.7 Å². The number of nitrogens with one attached hydrogen (secondary N) is 1. The van der Waals surface area contributed by atoms with E-state index in [9.17, 15) is 4.79 Å². The smallest absolute Gasteiger partial charge is 0.297 e. The quantitative estimate of drug-likeness (QED) is 0.673. The summed E-state index contributed by atoms with van der Waals surface area (Å²) < 4.78 is 12.1.